The molecule has 6 rings (SSSR count). The molecule has 14 heteroatoms. The van der Waals surface area contributed by atoms with E-state index in [0.717, 1.165) is 40.9 Å². The molecule has 0 aliphatic carbocycles. The molecule has 2 bridgehead atoms. The second-order valence-corrected chi connectivity index (χ2v) is 12.8. The van der Waals surface area contributed by atoms with E-state index in [9.17, 15) is 9.59 Å². The molecule has 48 heavy (non-hydrogen) atoms. The fourth-order valence-corrected chi connectivity index (χ4v) is 6.76. The number of carbonyl (C=O) groups is 2. The summed E-state index contributed by atoms with van der Waals surface area (Å²) in [5, 5.41) is 15.8. The number of fused-ring (bicyclic) bond motifs is 3. The smallest absolute Gasteiger partial charge is 0.255 e. The molecule has 4 heterocycles. The molecule has 4 aromatic rings. The minimum atomic E-state index is -0.804. The van der Waals surface area contributed by atoms with Crippen LogP contribution in [0.15, 0.2) is 60.9 Å². The number of benzene rings is 2. The number of ether oxygens (including phenoxy) is 3. The van der Waals surface area contributed by atoms with Crippen molar-refractivity contribution in [3.05, 3.63) is 82.6 Å². The van der Waals surface area contributed by atoms with Crippen LogP contribution in [0.25, 0.3) is 0 Å². The molecular formula is C34H42N8O5S. The van der Waals surface area contributed by atoms with E-state index in [1.807, 2.05) is 47.4 Å². The van der Waals surface area contributed by atoms with E-state index in [1.54, 1.807) is 29.5 Å². The Hall–Kier alpha value is -4.53. The van der Waals surface area contributed by atoms with E-state index < -0.39 is 11.9 Å². The van der Waals surface area contributed by atoms with Gasteiger partial charge in [0, 0.05) is 82.3 Å². The van der Waals surface area contributed by atoms with E-state index in [4.69, 9.17) is 19.2 Å². The van der Waals surface area contributed by atoms with Crippen LogP contribution in [-0.2, 0) is 35.5 Å². The fourth-order valence-electron chi connectivity index (χ4n) is 5.76. The lowest BCUT2D eigenvalue weighted by atomic mass is 10.0. The zero-order valence-corrected chi connectivity index (χ0v) is 28.0. The molecule has 2 N–H and O–H groups in total. The first-order valence-electron chi connectivity index (χ1n) is 16.4. The van der Waals surface area contributed by atoms with Crippen molar-refractivity contribution in [1.82, 2.24) is 35.5 Å². The molecule has 1 fully saturated rings. The Bertz CT molecular complexity index is 1640. The highest BCUT2D eigenvalue weighted by Crippen LogP contribution is 2.31. The Balaban J connectivity index is 1.21. The van der Waals surface area contributed by atoms with Gasteiger partial charge in [-0.25, -0.2) is 4.98 Å². The third kappa shape index (κ3) is 8.88. The molecule has 13 nitrogen and oxygen atoms in total. The largest absolute Gasteiger partial charge is 0.493 e. The van der Waals surface area contributed by atoms with Crippen LogP contribution in [0.5, 0.6) is 11.5 Å². The lowest BCUT2D eigenvalue weighted by molar-refractivity contribution is -0.123. The number of anilines is 1. The van der Waals surface area contributed by atoms with Crippen molar-refractivity contribution in [2.75, 3.05) is 64.6 Å². The van der Waals surface area contributed by atoms with Crippen molar-refractivity contribution in [1.29, 1.82) is 0 Å². The van der Waals surface area contributed by atoms with Gasteiger partial charge in [0.15, 0.2) is 16.6 Å². The number of rotatable bonds is 6. The van der Waals surface area contributed by atoms with E-state index in [2.05, 4.69) is 30.7 Å². The molecule has 2 aliphatic rings. The van der Waals surface area contributed by atoms with E-state index >= 15 is 0 Å². The molecule has 2 aliphatic heterocycles. The van der Waals surface area contributed by atoms with Crippen LogP contribution in [-0.4, -0.2) is 102 Å². The third-order valence-electron chi connectivity index (χ3n) is 8.33. The molecule has 2 aromatic heterocycles. The zero-order chi connectivity index (χ0) is 33.1. The second-order valence-electron chi connectivity index (χ2n) is 11.8. The van der Waals surface area contributed by atoms with E-state index in [0.29, 0.717) is 82.3 Å². The van der Waals surface area contributed by atoms with Gasteiger partial charge in [-0.05, 0) is 17.7 Å². The topological polar surface area (TPSA) is 136 Å². The van der Waals surface area contributed by atoms with Gasteiger partial charge in [0.05, 0.1) is 38.2 Å². The number of amides is 2. The van der Waals surface area contributed by atoms with Gasteiger partial charge in [-0.2, -0.15) is 0 Å². The zero-order valence-electron chi connectivity index (χ0n) is 27.2. The summed E-state index contributed by atoms with van der Waals surface area (Å²) >= 11 is 1.69. The minimum absolute atomic E-state index is 0.259. The summed E-state index contributed by atoms with van der Waals surface area (Å²) in [6.07, 6.45) is 5.59. The maximum absolute atomic E-state index is 13.7. The predicted molar refractivity (Wildman–Crippen MR) is 182 cm³/mol. The van der Waals surface area contributed by atoms with Crippen LogP contribution in [0.2, 0.25) is 0 Å². The first-order valence-corrected chi connectivity index (χ1v) is 17.2. The summed E-state index contributed by atoms with van der Waals surface area (Å²) in [5.41, 5.74) is 2.13. The normalized spacial score (nSPS) is 18.8. The summed E-state index contributed by atoms with van der Waals surface area (Å²) in [6, 6.07) is 14.0. The Morgan fingerprint density at radius 1 is 1.00 bits per heavy atom. The molecule has 2 amide bonds. The van der Waals surface area contributed by atoms with Crippen LogP contribution in [0.1, 0.15) is 32.9 Å². The number of hydrogen-bond acceptors (Lipinski definition) is 11. The monoisotopic (exact) mass is 674 g/mol. The van der Waals surface area contributed by atoms with Gasteiger partial charge < -0.3 is 29.7 Å². The van der Waals surface area contributed by atoms with E-state index in [1.165, 1.54) is 7.11 Å². The highest BCUT2D eigenvalue weighted by Gasteiger charge is 2.25. The number of thiazole rings is 1. The standard InChI is InChI=1S/C34H42N8O5S/c1-45-30-10-5-9-28-31(30)47-18-6-13-42-23-26(38-39-42)11-14-40(24-27-22-36-34(48-27)41-16-19-46-20-17-41)15-12-35-33(44)29(37-32(28)43)21-25-7-3-2-4-8-25/h2-5,7-10,22-23,29H,6,11-21,24H2,1H3,(H,35,44)(H,37,43)/t29-/m0/s1. The van der Waals surface area contributed by atoms with Gasteiger partial charge in [0.25, 0.3) is 5.91 Å². The summed E-state index contributed by atoms with van der Waals surface area (Å²) in [6.45, 7) is 6.44. The van der Waals surface area contributed by atoms with Gasteiger partial charge in [-0.1, -0.05) is 41.6 Å². The third-order valence-corrected chi connectivity index (χ3v) is 9.37. The molecule has 0 unspecified atom stereocenters. The number of nitrogens with one attached hydrogen (secondary N) is 2. The Morgan fingerprint density at radius 3 is 2.69 bits per heavy atom. The lowest BCUT2D eigenvalue weighted by Crippen LogP contribution is -2.49. The maximum Gasteiger partial charge on any atom is 0.255 e. The highest BCUT2D eigenvalue weighted by molar-refractivity contribution is 7.15. The first-order chi connectivity index (χ1) is 23.6. The number of aromatic nitrogens is 4. The average Bonchev–Trinajstić information content (AvgIpc) is 3.78. The lowest BCUT2D eigenvalue weighted by Gasteiger charge is -2.26. The van der Waals surface area contributed by atoms with Gasteiger partial charge in [-0.15, -0.1) is 16.4 Å². The summed E-state index contributed by atoms with van der Waals surface area (Å²) in [5.74, 6) is 0.107. The van der Waals surface area contributed by atoms with Gasteiger partial charge in [0.1, 0.15) is 6.04 Å². The molecular weight excluding hydrogens is 632 g/mol. The van der Waals surface area contributed by atoms with Crippen LogP contribution in [0.4, 0.5) is 5.13 Å². The minimum Gasteiger partial charge on any atom is -0.493 e. The van der Waals surface area contributed by atoms with E-state index in [-0.39, 0.29) is 5.91 Å². The maximum atomic E-state index is 13.7. The highest BCUT2D eigenvalue weighted by atomic mass is 32.1. The molecule has 0 radical (unpaired) electrons. The summed E-state index contributed by atoms with van der Waals surface area (Å²) in [4.78, 5) is 37.9. The van der Waals surface area contributed by atoms with Crippen LogP contribution < -0.4 is 25.0 Å². The molecule has 254 valence electrons. The predicted octanol–water partition coefficient (Wildman–Crippen LogP) is 2.56. The quantitative estimate of drug-likeness (QED) is 0.314. The molecule has 0 saturated carbocycles. The number of carbonyl (C=O) groups excluding carboxylic acids is 2. The molecule has 1 atom stereocenters. The van der Waals surface area contributed by atoms with Crippen molar-refractivity contribution >= 4 is 28.3 Å². The Labute approximate surface area is 284 Å². The first kappa shape index (κ1) is 33.4. The summed E-state index contributed by atoms with van der Waals surface area (Å²) in [7, 11) is 1.54. The number of methoxy groups -OCH3 is 1. The Morgan fingerprint density at radius 2 is 1.85 bits per heavy atom. The molecule has 0 spiro atoms. The number of aryl methyl sites for hydroxylation is 1. The van der Waals surface area contributed by atoms with Crippen LogP contribution in [0, 0.1) is 0 Å². The van der Waals surface area contributed by atoms with Gasteiger partial charge >= 0.3 is 0 Å². The summed E-state index contributed by atoms with van der Waals surface area (Å²) < 4.78 is 19.0. The number of para-hydroxylation sites is 1. The van der Waals surface area contributed by atoms with Gasteiger partial charge in [-0.3, -0.25) is 19.2 Å². The van der Waals surface area contributed by atoms with Crippen molar-refractivity contribution in [2.45, 2.75) is 38.4 Å². The fraction of sp³-hybridized carbons (Fsp3) is 0.441. The SMILES string of the molecule is COc1cccc2c1OCCCn1cc(nn1)CCN(Cc1cnc(N3CCOCC3)s1)CCNC(=O)[C@H](Cc1ccccc1)NC2=O. The van der Waals surface area contributed by atoms with Crippen molar-refractivity contribution in [2.24, 2.45) is 0 Å². The van der Waals surface area contributed by atoms with Crippen molar-refractivity contribution in [3.8, 4) is 11.5 Å². The van der Waals surface area contributed by atoms with Gasteiger partial charge in [0.2, 0.25) is 5.91 Å². The van der Waals surface area contributed by atoms with Crippen LogP contribution in [0.3, 0.4) is 0 Å². The Kier molecular flexibility index (Phi) is 11.5. The average molecular weight is 675 g/mol. The van der Waals surface area contributed by atoms with Crippen molar-refractivity contribution < 1.29 is 23.8 Å². The van der Waals surface area contributed by atoms with Crippen LogP contribution >= 0.6 is 11.3 Å². The number of nitrogens with zero attached hydrogens (tertiary/aromatic N) is 6. The number of hydrogen-bond donors (Lipinski definition) is 2. The molecule has 1 saturated heterocycles. The van der Waals surface area contributed by atoms with Crippen molar-refractivity contribution in [3.63, 3.8) is 0 Å². The molecule has 2 aromatic carbocycles. The second kappa shape index (κ2) is 16.5. The number of morpholine rings is 1.